The Balaban J connectivity index is 1.66. The molecule has 0 bridgehead atoms. The molecule has 0 saturated carbocycles. The number of aromatic nitrogens is 3. The van der Waals surface area contributed by atoms with Crippen molar-refractivity contribution in [3.8, 4) is 0 Å². The highest BCUT2D eigenvalue weighted by atomic mass is 16.5. The van der Waals surface area contributed by atoms with Crippen LogP contribution in [0.1, 0.15) is 29.4 Å². The zero-order valence-electron chi connectivity index (χ0n) is 14.8. The molecule has 0 saturated heterocycles. The van der Waals surface area contributed by atoms with Crippen molar-refractivity contribution in [3.63, 3.8) is 0 Å². The van der Waals surface area contributed by atoms with Gasteiger partial charge < -0.3 is 14.2 Å². The van der Waals surface area contributed by atoms with Crippen molar-refractivity contribution in [2.75, 3.05) is 13.2 Å². The topological polar surface area (TPSA) is 60.2 Å². The molecule has 6 nitrogen and oxygen atoms in total. The van der Waals surface area contributed by atoms with Crippen LogP contribution in [-0.4, -0.2) is 44.6 Å². The molecule has 134 valence electrons. The van der Waals surface area contributed by atoms with Crippen molar-refractivity contribution in [1.29, 1.82) is 0 Å². The molecule has 0 N–H and O–H groups in total. The van der Waals surface area contributed by atoms with Crippen molar-refractivity contribution in [1.82, 2.24) is 19.4 Å². The average molecular weight is 350 g/mol. The van der Waals surface area contributed by atoms with E-state index in [1.165, 1.54) is 0 Å². The molecule has 1 aliphatic heterocycles. The van der Waals surface area contributed by atoms with Gasteiger partial charge in [-0.2, -0.15) is 0 Å². The van der Waals surface area contributed by atoms with Gasteiger partial charge in [-0.3, -0.25) is 9.78 Å². The van der Waals surface area contributed by atoms with Gasteiger partial charge in [-0.05, 0) is 25.5 Å². The van der Waals surface area contributed by atoms with E-state index in [0.29, 0.717) is 25.3 Å². The van der Waals surface area contributed by atoms with E-state index in [2.05, 4.69) is 14.5 Å². The summed E-state index contributed by atoms with van der Waals surface area (Å²) < 4.78 is 7.77. The van der Waals surface area contributed by atoms with E-state index in [1.54, 1.807) is 6.20 Å². The minimum atomic E-state index is -0.0115. The van der Waals surface area contributed by atoms with Crippen LogP contribution in [0.15, 0.2) is 49.1 Å². The molecule has 2 aromatic heterocycles. The normalized spacial score (nSPS) is 17.1. The number of benzene rings is 1. The summed E-state index contributed by atoms with van der Waals surface area (Å²) in [5.74, 6) is -0.0115. The zero-order chi connectivity index (χ0) is 17.9. The summed E-state index contributed by atoms with van der Waals surface area (Å²) in [6.45, 7) is 4.53. The maximum Gasteiger partial charge on any atom is 0.256 e. The molecule has 26 heavy (non-hydrogen) atoms. The maximum atomic E-state index is 13.3. The molecular weight excluding hydrogens is 328 g/mol. The highest BCUT2D eigenvalue weighted by molar-refractivity contribution is 5.97. The number of hydrogen-bond acceptors (Lipinski definition) is 4. The average Bonchev–Trinajstić information content (AvgIpc) is 3.05. The van der Waals surface area contributed by atoms with E-state index < -0.39 is 0 Å². The highest BCUT2D eigenvalue weighted by Crippen LogP contribution is 2.22. The van der Waals surface area contributed by atoms with Gasteiger partial charge in [0, 0.05) is 30.9 Å². The lowest BCUT2D eigenvalue weighted by Crippen LogP contribution is -2.42. The Morgan fingerprint density at radius 3 is 3.08 bits per heavy atom. The summed E-state index contributed by atoms with van der Waals surface area (Å²) in [6, 6.07) is 9.80. The van der Waals surface area contributed by atoms with Gasteiger partial charge in [-0.25, -0.2) is 4.98 Å². The van der Waals surface area contributed by atoms with Crippen LogP contribution < -0.4 is 0 Å². The molecule has 0 aliphatic carbocycles. The predicted octanol–water partition coefficient (Wildman–Crippen LogP) is 2.88. The molecule has 1 aliphatic rings. The Hall–Kier alpha value is -2.73. The first kappa shape index (κ1) is 16.7. The maximum absolute atomic E-state index is 13.3. The number of hydrogen-bond donors (Lipinski definition) is 0. The fourth-order valence-corrected chi connectivity index (χ4v) is 3.45. The van der Waals surface area contributed by atoms with Gasteiger partial charge >= 0.3 is 0 Å². The number of aryl methyl sites for hydroxylation is 1. The van der Waals surface area contributed by atoms with E-state index in [-0.39, 0.29) is 11.9 Å². The largest absolute Gasteiger partial charge is 0.380 e. The van der Waals surface area contributed by atoms with E-state index in [4.69, 9.17) is 4.74 Å². The first-order valence-electron chi connectivity index (χ1n) is 8.98. The molecule has 0 spiro atoms. The highest BCUT2D eigenvalue weighted by Gasteiger charge is 2.29. The summed E-state index contributed by atoms with van der Waals surface area (Å²) in [7, 11) is 0. The molecular formula is C20H22N4O2. The number of amides is 1. The summed E-state index contributed by atoms with van der Waals surface area (Å²) in [5, 5.41) is 0.972. The second-order valence-corrected chi connectivity index (χ2v) is 6.53. The number of carbonyl (C=O) groups is 1. The van der Waals surface area contributed by atoms with Gasteiger partial charge in [-0.15, -0.1) is 0 Å². The van der Waals surface area contributed by atoms with E-state index in [0.717, 1.165) is 29.6 Å². The van der Waals surface area contributed by atoms with Crippen LogP contribution in [0, 0.1) is 0 Å². The van der Waals surface area contributed by atoms with Crippen LogP contribution in [0.4, 0.5) is 0 Å². The quantitative estimate of drug-likeness (QED) is 0.726. The molecule has 1 amide bonds. The zero-order valence-corrected chi connectivity index (χ0v) is 14.8. The third kappa shape index (κ3) is 3.20. The van der Waals surface area contributed by atoms with Crippen LogP contribution in [0.25, 0.3) is 10.9 Å². The summed E-state index contributed by atoms with van der Waals surface area (Å²) in [4.78, 5) is 23.9. The Labute approximate surface area is 152 Å². The molecule has 1 atom stereocenters. The Bertz CT molecular complexity index is 921. The molecule has 3 heterocycles. The molecule has 0 fully saturated rings. The van der Waals surface area contributed by atoms with Crippen LogP contribution >= 0.6 is 0 Å². The second-order valence-electron chi connectivity index (χ2n) is 6.53. The third-order valence-electron chi connectivity index (χ3n) is 4.89. The molecule has 0 unspecified atom stereocenters. The van der Waals surface area contributed by atoms with Crippen molar-refractivity contribution in [2.24, 2.45) is 0 Å². The van der Waals surface area contributed by atoms with Gasteiger partial charge in [0.1, 0.15) is 0 Å². The monoisotopic (exact) mass is 350 g/mol. The minimum Gasteiger partial charge on any atom is -0.380 e. The van der Waals surface area contributed by atoms with E-state index in [1.807, 2.05) is 54.7 Å². The number of carbonyl (C=O) groups excluding carboxylic acids is 1. The summed E-state index contributed by atoms with van der Waals surface area (Å²) >= 11 is 0. The minimum absolute atomic E-state index is 0.0115. The van der Waals surface area contributed by atoms with E-state index >= 15 is 0 Å². The summed E-state index contributed by atoms with van der Waals surface area (Å²) in [5.41, 5.74) is 2.55. The lowest BCUT2D eigenvalue weighted by molar-refractivity contribution is 0.0422. The standard InChI is InChI=1S/C20H22N4O2/c1-2-26-13-17-7-8-23-14-21-11-18(23)12-24(17)20(25)16-9-15-5-3-4-6-19(15)22-10-16/h3-6,9-11,14,17H,2,7-8,12-13H2,1H3/t17-/m1/s1. The SMILES string of the molecule is CCOC[C@H]1CCn2cncc2CN1C(=O)c1cnc2ccccc2c1. The Kier molecular flexibility index (Phi) is 4.67. The van der Waals surface area contributed by atoms with Crippen molar-refractivity contribution in [3.05, 3.63) is 60.3 Å². The number of rotatable bonds is 4. The fraction of sp³-hybridized carbons (Fsp3) is 0.350. The number of imidazole rings is 1. The van der Waals surface area contributed by atoms with Gasteiger partial charge in [-0.1, -0.05) is 18.2 Å². The lowest BCUT2D eigenvalue weighted by Gasteiger charge is -2.29. The van der Waals surface area contributed by atoms with Crippen molar-refractivity contribution in [2.45, 2.75) is 32.5 Å². The molecule has 4 rings (SSSR count). The fourth-order valence-electron chi connectivity index (χ4n) is 3.45. The number of para-hydroxylation sites is 1. The third-order valence-corrected chi connectivity index (χ3v) is 4.89. The Morgan fingerprint density at radius 2 is 2.19 bits per heavy atom. The van der Waals surface area contributed by atoms with Crippen LogP contribution in [0.5, 0.6) is 0 Å². The molecule has 1 aromatic carbocycles. The first-order valence-corrected chi connectivity index (χ1v) is 8.98. The molecule has 3 aromatic rings. The van der Waals surface area contributed by atoms with Gasteiger partial charge in [0.25, 0.3) is 5.91 Å². The number of ether oxygens (including phenoxy) is 1. The van der Waals surface area contributed by atoms with Crippen molar-refractivity contribution >= 4 is 16.8 Å². The lowest BCUT2D eigenvalue weighted by atomic mass is 10.1. The number of pyridine rings is 1. The molecule has 6 heteroatoms. The van der Waals surface area contributed by atoms with E-state index in [9.17, 15) is 4.79 Å². The summed E-state index contributed by atoms with van der Waals surface area (Å²) in [6.07, 6.45) is 6.18. The number of fused-ring (bicyclic) bond motifs is 2. The van der Waals surface area contributed by atoms with Gasteiger partial charge in [0.05, 0.1) is 42.3 Å². The predicted molar refractivity (Wildman–Crippen MR) is 98.7 cm³/mol. The van der Waals surface area contributed by atoms with Crippen LogP contribution in [0.2, 0.25) is 0 Å². The second kappa shape index (κ2) is 7.25. The van der Waals surface area contributed by atoms with Gasteiger partial charge in [0.15, 0.2) is 0 Å². The smallest absolute Gasteiger partial charge is 0.256 e. The van der Waals surface area contributed by atoms with Crippen LogP contribution in [-0.2, 0) is 17.8 Å². The van der Waals surface area contributed by atoms with Crippen LogP contribution in [0.3, 0.4) is 0 Å². The first-order chi connectivity index (χ1) is 12.8. The number of nitrogens with zero attached hydrogens (tertiary/aromatic N) is 4. The Morgan fingerprint density at radius 1 is 1.31 bits per heavy atom. The van der Waals surface area contributed by atoms with Crippen molar-refractivity contribution < 1.29 is 9.53 Å². The van der Waals surface area contributed by atoms with Gasteiger partial charge in [0.2, 0.25) is 0 Å². The molecule has 0 radical (unpaired) electrons.